The molecule has 24 heavy (non-hydrogen) atoms. The van der Waals surface area contributed by atoms with E-state index in [0.717, 1.165) is 0 Å². The van der Waals surface area contributed by atoms with E-state index >= 15 is 0 Å². The zero-order valence-corrected chi connectivity index (χ0v) is 12.4. The van der Waals surface area contributed by atoms with Crippen LogP contribution in [0.1, 0.15) is 11.1 Å². The molecule has 0 spiro atoms. The molecule has 3 rings (SSSR count). The van der Waals surface area contributed by atoms with Gasteiger partial charge in [-0.25, -0.2) is 8.78 Å². The summed E-state index contributed by atoms with van der Waals surface area (Å²) in [5, 5.41) is 17.6. The summed E-state index contributed by atoms with van der Waals surface area (Å²) in [4.78, 5) is 0. The van der Waals surface area contributed by atoms with Gasteiger partial charge in [-0.3, -0.25) is 0 Å². The molecule has 0 aliphatic rings. The molecule has 0 N–H and O–H groups in total. The van der Waals surface area contributed by atoms with Crippen LogP contribution >= 0.6 is 0 Å². The molecule has 0 fully saturated rings. The molecular formula is C20H10F2N2. The van der Waals surface area contributed by atoms with Crippen molar-refractivity contribution in [3.8, 4) is 34.4 Å². The highest BCUT2D eigenvalue weighted by Crippen LogP contribution is 2.31. The second-order valence-electron chi connectivity index (χ2n) is 5.19. The number of hydrogen-bond acceptors (Lipinski definition) is 2. The highest BCUT2D eigenvalue weighted by Gasteiger charge is 2.14. The summed E-state index contributed by atoms with van der Waals surface area (Å²) in [5.74, 6) is -1.36. The van der Waals surface area contributed by atoms with Crippen molar-refractivity contribution in [3.05, 3.63) is 83.4 Å². The van der Waals surface area contributed by atoms with Crippen LogP contribution in [0.4, 0.5) is 8.78 Å². The van der Waals surface area contributed by atoms with Gasteiger partial charge in [0.15, 0.2) is 0 Å². The Balaban J connectivity index is 2.05. The Labute approximate surface area is 137 Å². The van der Waals surface area contributed by atoms with Crippen LogP contribution in [0.15, 0.2) is 60.7 Å². The second kappa shape index (κ2) is 6.32. The molecule has 0 aliphatic carbocycles. The van der Waals surface area contributed by atoms with E-state index in [-0.39, 0.29) is 5.56 Å². The maximum atomic E-state index is 14.5. The van der Waals surface area contributed by atoms with Gasteiger partial charge in [0.05, 0.1) is 28.8 Å². The van der Waals surface area contributed by atoms with Gasteiger partial charge < -0.3 is 0 Å². The van der Waals surface area contributed by atoms with Crippen LogP contribution in [0.25, 0.3) is 22.3 Å². The van der Waals surface area contributed by atoms with Crippen molar-refractivity contribution < 1.29 is 8.78 Å². The molecule has 0 heterocycles. The first-order valence-corrected chi connectivity index (χ1v) is 7.12. The highest BCUT2D eigenvalue weighted by molar-refractivity contribution is 5.72. The van der Waals surface area contributed by atoms with Crippen LogP contribution in [0, 0.1) is 34.3 Å². The molecular weight excluding hydrogens is 306 g/mol. The second-order valence-corrected chi connectivity index (χ2v) is 5.19. The third-order valence-electron chi connectivity index (χ3n) is 3.69. The molecule has 0 aromatic heterocycles. The molecule has 4 heteroatoms. The third kappa shape index (κ3) is 2.86. The quantitative estimate of drug-likeness (QED) is 0.665. The average molecular weight is 316 g/mol. The van der Waals surface area contributed by atoms with Crippen LogP contribution < -0.4 is 0 Å². The van der Waals surface area contributed by atoms with Gasteiger partial charge in [0.1, 0.15) is 11.6 Å². The first kappa shape index (κ1) is 15.4. The smallest absolute Gasteiger partial charge is 0.134 e. The topological polar surface area (TPSA) is 47.6 Å². The molecule has 3 aromatic rings. The van der Waals surface area contributed by atoms with Crippen LogP contribution in [-0.4, -0.2) is 0 Å². The minimum Gasteiger partial charge on any atom is -0.206 e. The number of benzene rings is 3. The van der Waals surface area contributed by atoms with Gasteiger partial charge in [-0.2, -0.15) is 10.5 Å². The molecule has 0 radical (unpaired) electrons. The van der Waals surface area contributed by atoms with Crippen molar-refractivity contribution in [1.29, 1.82) is 10.5 Å². The standard InChI is InChI=1S/C20H10F2N2/c21-18-9-17(15-5-1-13(11-23)2-6-15)10-19(22)20(18)16-7-3-14(12-24)4-8-16/h1-10H. The first-order chi connectivity index (χ1) is 11.6. The monoisotopic (exact) mass is 316 g/mol. The van der Waals surface area contributed by atoms with Gasteiger partial charge in [-0.1, -0.05) is 24.3 Å². The van der Waals surface area contributed by atoms with Gasteiger partial charge in [-0.05, 0) is 53.1 Å². The van der Waals surface area contributed by atoms with Crippen molar-refractivity contribution >= 4 is 0 Å². The minimum atomic E-state index is -0.681. The van der Waals surface area contributed by atoms with Crippen molar-refractivity contribution in [3.63, 3.8) is 0 Å². The Morgan fingerprint density at radius 3 is 1.42 bits per heavy atom. The SMILES string of the molecule is N#Cc1ccc(-c2cc(F)c(-c3ccc(C#N)cc3)c(F)c2)cc1. The highest BCUT2D eigenvalue weighted by atomic mass is 19.1. The number of halogens is 2. The van der Waals surface area contributed by atoms with Crippen LogP contribution in [-0.2, 0) is 0 Å². The lowest BCUT2D eigenvalue weighted by Gasteiger charge is -2.09. The van der Waals surface area contributed by atoms with Crippen LogP contribution in [0.3, 0.4) is 0 Å². The van der Waals surface area contributed by atoms with Gasteiger partial charge in [-0.15, -0.1) is 0 Å². The lowest BCUT2D eigenvalue weighted by molar-refractivity contribution is 0.590. The molecule has 0 unspecified atom stereocenters. The van der Waals surface area contributed by atoms with E-state index in [9.17, 15) is 8.78 Å². The summed E-state index contributed by atoms with van der Waals surface area (Å²) in [6.45, 7) is 0. The molecule has 2 nitrogen and oxygen atoms in total. The predicted molar refractivity (Wildman–Crippen MR) is 86.7 cm³/mol. The Bertz CT molecular complexity index is 953. The van der Waals surface area contributed by atoms with Gasteiger partial charge in [0, 0.05) is 0 Å². The molecule has 0 saturated carbocycles. The lowest BCUT2D eigenvalue weighted by Crippen LogP contribution is -1.92. The number of rotatable bonds is 2. The zero-order chi connectivity index (χ0) is 17.1. The fourth-order valence-corrected chi connectivity index (χ4v) is 2.46. The summed E-state index contributed by atoms with van der Waals surface area (Å²) in [6.07, 6.45) is 0. The lowest BCUT2D eigenvalue weighted by atomic mass is 9.98. The first-order valence-electron chi connectivity index (χ1n) is 7.12. The summed E-state index contributed by atoms with van der Waals surface area (Å²) in [5.41, 5.74) is 2.17. The normalized spacial score (nSPS) is 10.0. The van der Waals surface area contributed by atoms with Gasteiger partial charge in [0.25, 0.3) is 0 Å². The van der Waals surface area contributed by atoms with Crippen molar-refractivity contribution in [2.24, 2.45) is 0 Å². The number of hydrogen-bond donors (Lipinski definition) is 0. The van der Waals surface area contributed by atoms with E-state index in [0.29, 0.717) is 27.8 Å². The number of nitrogens with zero attached hydrogens (tertiary/aromatic N) is 2. The summed E-state index contributed by atoms with van der Waals surface area (Å²) < 4.78 is 28.9. The Kier molecular flexibility index (Phi) is 4.05. The van der Waals surface area contributed by atoms with E-state index in [1.807, 2.05) is 12.1 Å². The van der Waals surface area contributed by atoms with E-state index in [2.05, 4.69) is 0 Å². The van der Waals surface area contributed by atoms with Crippen molar-refractivity contribution in [2.45, 2.75) is 0 Å². The molecule has 0 aliphatic heterocycles. The molecule has 0 atom stereocenters. The fourth-order valence-electron chi connectivity index (χ4n) is 2.46. The molecule has 0 bridgehead atoms. The summed E-state index contributed by atoms with van der Waals surface area (Å²) >= 11 is 0. The van der Waals surface area contributed by atoms with E-state index in [1.54, 1.807) is 24.3 Å². The van der Waals surface area contributed by atoms with E-state index < -0.39 is 11.6 Å². The summed E-state index contributed by atoms with van der Waals surface area (Å²) in [7, 11) is 0. The Hall–Kier alpha value is -3.50. The molecule has 114 valence electrons. The van der Waals surface area contributed by atoms with E-state index in [4.69, 9.17) is 10.5 Å². The maximum Gasteiger partial charge on any atom is 0.134 e. The van der Waals surface area contributed by atoms with Gasteiger partial charge >= 0.3 is 0 Å². The average Bonchev–Trinajstić information content (AvgIpc) is 2.61. The van der Waals surface area contributed by atoms with Gasteiger partial charge in [0.2, 0.25) is 0 Å². The third-order valence-corrected chi connectivity index (χ3v) is 3.69. The molecule has 0 saturated heterocycles. The van der Waals surface area contributed by atoms with E-state index in [1.165, 1.54) is 36.4 Å². The minimum absolute atomic E-state index is 0.128. The molecule has 3 aromatic carbocycles. The summed E-state index contributed by atoms with van der Waals surface area (Å²) in [6, 6.07) is 19.0. The van der Waals surface area contributed by atoms with Crippen molar-refractivity contribution in [2.75, 3.05) is 0 Å². The number of nitriles is 2. The van der Waals surface area contributed by atoms with Crippen LogP contribution in [0.2, 0.25) is 0 Å². The van der Waals surface area contributed by atoms with Crippen LogP contribution in [0.5, 0.6) is 0 Å². The Morgan fingerprint density at radius 2 is 1.00 bits per heavy atom. The maximum absolute atomic E-state index is 14.5. The zero-order valence-electron chi connectivity index (χ0n) is 12.4. The Morgan fingerprint density at radius 1 is 0.583 bits per heavy atom. The predicted octanol–water partition coefficient (Wildman–Crippen LogP) is 5.04. The largest absolute Gasteiger partial charge is 0.206 e. The van der Waals surface area contributed by atoms with Crippen molar-refractivity contribution in [1.82, 2.24) is 0 Å². The fraction of sp³-hybridized carbons (Fsp3) is 0. The molecule has 0 amide bonds.